The van der Waals surface area contributed by atoms with Crippen LogP contribution in [0.25, 0.3) is 11.3 Å². The summed E-state index contributed by atoms with van der Waals surface area (Å²) in [6.45, 7) is 2.46. The van der Waals surface area contributed by atoms with Crippen LogP contribution >= 0.6 is 0 Å². The number of nitrogens with zero attached hydrogens (tertiary/aromatic N) is 3. The van der Waals surface area contributed by atoms with Gasteiger partial charge in [0.05, 0.1) is 31.2 Å². The van der Waals surface area contributed by atoms with Crippen LogP contribution in [0, 0.1) is 0 Å². The number of para-hydroxylation sites is 2. The molecule has 0 bridgehead atoms. The standard InChI is InChI=1S/C23H28N6O/c1-24-23(26-15-22-25-14-19(28-22)17-8-4-3-5-9-17)27-18-12-13-29(16-18)20-10-6-7-11-21(20)30-2/h3-11,14,18H,12-13,15-16H2,1-2H3,(H,25,28)(H2,24,26,27). The lowest BCUT2D eigenvalue weighted by Gasteiger charge is -2.22. The molecule has 1 saturated heterocycles. The second-order valence-electron chi connectivity index (χ2n) is 7.28. The molecule has 0 saturated carbocycles. The summed E-state index contributed by atoms with van der Waals surface area (Å²) in [6, 6.07) is 18.7. The van der Waals surface area contributed by atoms with Crippen molar-refractivity contribution in [2.45, 2.75) is 19.0 Å². The number of nitrogens with one attached hydrogen (secondary N) is 3. The van der Waals surface area contributed by atoms with Crippen LogP contribution in [0.3, 0.4) is 0 Å². The first kappa shape index (κ1) is 19.8. The molecule has 3 N–H and O–H groups in total. The van der Waals surface area contributed by atoms with Crippen LogP contribution in [0.15, 0.2) is 65.8 Å². The van der Waals surface area contributed by atoms with E-state index in [0.29, 0.717) is 12.6 Å². The fourth-order valence-electron chi connectivity index (χ4n) is 3.76. The number of hydrogen-bond donors (Lipinski definition) is 3. The van der Waals surface area contributed by atoms with E-state index in [4.69, 9.17) is 4.74 Å². The Kier molecular flexibility index (Phi) is 6.17. The van der Waals surface area contributed by atoms with Crippen molar-refractivity contribution in [1.29, 1.82) is 0 Å². The molecule has 2 heterocycles. The quantitative estimate of drug-likeness (QED) is 0.435. The molecule has 7 heteroatoms. The molecule has 0 radical (unpaired) electrons. The number of aliphatic imine (C=N–C) groups is 1. The molecule has 0 spiro atoms. The van der Waals surface area contributed by atoms with Crippen molar-refractivity contribution in [2.75, 3.05) is 32.1 Å². The fourth-order valence-corrected chi connectivity index (χ4v) is 3.76. The maximum absolute atomic E-state index is 5.51. The molecule has 1 aromatic heterocycles. The monoisotopic (exact) mass is 404 g/mol. The van der Waals surface area contributed by atoms with Gasteiger partial charge in [0.25, 0.3) is 0 Å². The van der Waals surface area contributed by atoms with E-state index < -0.39 is 0 Å². The zero-order valence-corrected chi connectivity index (χ0v) is 17.4. The van der Waals surface area contributed by atoms with Gasteiger partial charge in [-0.05, 0) is 24.1 Å². The van der Waals surface area contributed by atoms with Crippen LogP contribution in [0.1, 0.15) is 12.2 Å². The van der Waals surface area contributed by atoms with Gasteiger partial charge in [0, 0.05) is 26.2 Å². The minimum atomic E-state index is 0.317. The Hall–Kier alpha value is -3.48. The van der Waals surface area contributed by atoms with Crippen molar-refractivity contribution < 1.29 is 4.74 Å². The first-order valence-electron chi connectivity index (χ1n) is 10.2. The Morgan fingerprint density at radius 3 is 2.80 bits per heavy atom. The molecular formula is C23H28N6O. The Balaban J connectivity index is 1.31. The highest BCUT2D eigenvalue weighted by atomic mass is 16.5. The third kappa shape index (κ3) is 4.56. The maximum atomic E-state index is 5.51. The summed E-state index contributed by atoms with van der Waals surface area (Å²) in [4.78, 5) is 14.6. The van der Waals surface area contributed by atoms with E-state index in [1.54, 1.807) is 14.2 Å². The minimum absolute atomic E-state index is 0.317. The molecule has 1 aliphatic rings. The normalized spacial score (nSPS) is 16.5. The summed E-state index contributed by atoms with van der Waals surface area (Å²) in [6.07, 6.45) is 2.91. The predicted molar refractivity (Wildman–Crippen MR) is 121 cm³/mol. The number of benzene rings is 2. The number of aromatic amines is 1. The number of aromatic nitrogens is 2. The highest BCUT2D eigenvalue weighted by Crippen LogP contribution is 2.30. The summed E-state index contributed by atoms with van der Waals surface area (Å²) >= 11 is 0. The third-order valence-electron chi connectivity index (χ3n) is 5.32. The van der Waals surface area contributed by atoms with Crippen LogP contribution < -0.4 is 20.3 Å². The summed E-state index contributed by atoms with van der Waals surface area (Å²) < 4.78 is 5.51. The van der Waals surface area contributed by atoms with Crippen molar-refractivity contribution in [3.8, 4) is 17.0 Å². The number of hydrogen-bond acceptors (Lipinski definition) is 4. The van der Waals surface area contributed by atoms with Gasteiger partial charge < -0.3 is 25.3 Å². The smallest absolute Gasteiger partial charge is 0.191 e. The molecule has 0 aliphatic carbocycles. The van der Waals surface area contributed by atoms with E-state index in [1.165, 1.54) is 0 Å². The first-order chi connectivity index (χ1) is 14.8. The van der Waals surface area contributed by atoms with Crippen LogP contribution in [-0.4, -0.2) is 49.2 Å². The third-order valence-corrected chi connectivity index (χ3v) is 5.32. The SMILES string of the molecule is CN=C(NCc1ncc(-c2ccccc2)[nH]1)NC1CCN(c2ccccc2OC)C1. The molecule has 2 aromatic carbocycles. The van der Waals surface area contributed by atoms with E-state index in [1.807, 2.05) is 42.6 Å². The maximum Gasteiger partial charge on any atom is 0.191 e. The van der Waals surface area contributed by atoms with E-state index >= 15 is 0 Å². The van der Waals surface area contributed by atoms with Gasteiger partial charge in [0.2, 0.25) is 0 Å². The average Bonchev–Trinajstić information content (AvgIpc) is 3.47. The van der Waals surface area contributed by atoms with E-state index in [9.17, 15) is 0 Å². The predicted octanol–water partition coefficient (Wildman–Crippen LogP) is 3.03. The van der Waals surface area contributed by atoms with Gasteiger partial charge in [-0.15, -0.1) is 0 Å². The van der Waals surface area contributed by atoms with Crippen LogP contribution in [0.4, 0.5) is 5.69 Å². The van der Waals surface area contributed by atoms with Gasteiger partial charge in [-0.1, -0.05) is 42.5 Å². The van der Waals surface area contributed by atoms with Crippen molar-refractivity contribution in [2.24, 2.45) is 4.99 Å². The lowest BCUT2D eigenvalue weighted by atomic mass is 10.2. The lowest BCUT2D eigenvalue weighted by molar-refractivity contribution is 0.415. The molecule has 3 aromatic rings. The van der Waals surface area contributed by atoms with E-state index in [0.717, 1.165) is 54.0 Å². The van der Waals surface area contributed by atoms with Gasteiger partial charge in [0.1, 0.15) is 11.6 Å². The number of guanidine groups is 1. The van der Waals surface area contributed by atoms with Gasteiger partial charge in [-0.3, -0.25) is 4.99 Å². The topological polar surface area (TPSA) is 77.6 Å². The van der Waals surface area contributed by atoms with Crippen LogP contribution in [-0.2, 0) is 6.54 Å². The molecule has 1 unspecified atom stereocenters. The summed E-state index contributed by atoms with van der Waals surface area (Å²) in [7, 11) is 3.51. The summed E-state index contributed by atoms with van der Waals surface area (Å²) in [5.41, 5.74) is 3.27. The van der Waals surface area contributed by atoms with Crippen molar-refractivity contribution in [1.82, 2.24) is 20.6 Å². The van der Waals surface area contributed by atoms with Crippen molar-refractivity contribution >= 4 is 11.6 Å². The van der Waals surface area contributed by atoms with Gasteiger partial charge in [0.15, 0.2) is 5.96 Å². The highest BCUT2D eigenvalue weighted by molar-refractivity contribution is 5.80. The molecule has 1 fully saturated rings. The Morgan fingerprint density at radius 1 is 1.20 bits per heavy atom. The molecule has 1 aliphatic heterocycles. The van der Waals surface area contributed by atoms with Crippen LogP contribution in [0.2, 0.25) is 0 Å². The van der Waals surface area contributed by atoms with Gasteiger partial charge >= 0.3 is 0 Å². The summed E-state index contributed by atoms with van der Waals surface area (Å²) in [5.74, 6) is 2.56. The zero-order valence-electron chi connectivity index (χ0n) is 17.4. The highest BCUT2D eigenvalue weighted by Gasteiger charge is 2.25. The summed E-state index contributed by atoms with van der Waals surface area (Å²) in [5, 5.41) is 6.88. The molecule has 0 amide bonds. The molecule has 7 nitrogen and oxygen atoms in total. The van der Waals surface area contributed by atoms with E-state index in [2.05, 4.69) is 48.7 Å². The lowest BCUT2D eigenvalue weighted by Crippen LogP contribution is -2.44. The molecule has 156 valence electrons. The molecule has 1 atom stereocenters. The number of H-pyrrole nitrogens is 1. The first-order valence-corrected chi connectivity index (χ1v) is 10.2. The number of imidazole rings is 1. The Labute approximate surface area is 177 Å². The van der Waals surface area contributed by atoms with Crippen molar-refractivity contribution in [3.05, 3.63) is 66.6 Å². The number of rotatable bonds is 6. The minimum Gasteiger partial charge on any atom is -0.495 e. The Bertz CT molecular complexity index is 984. The fraction of sp³-hybridized carbons (Fsp3) is 0.304. The van der Waals surface area contributed by atoms with E-state index in [-0.39, 0.29) is 0 Å². The Morgan fingerprint density at radius 2 is 2.00 bits per heavy atom. The molecular weight excluding hydrogens is 376 g/mol. The average molecular weight is 405 g/mol. The zero-order chi connectivity index (χ0) is 20.8. The number of anilines is 1. The number of methoxy groups -OCH3 is 1. The molecule has 30 heavy (non-hydrogen) atoms. The van der Waals surface area contributed by atoms with Gasteiger partial charge in [-0.2, -0.15) is 0 Å². The van der Waals surface area contributed by atoms with Crippen LogP contribution in [0.5, 0.6) is 5.75 Å². The second-order valence-corrected chi connectivity index (χ2v) is 7.28. The molecule has 4 rings (SSSR count). The van der Waals surface area contributed by atoms with Crippen molar-refractivity contribution in [3.63, 3.8) is 0 Å². The van der Waals surface area contributed by atoms with Gasteiger partial charge in [-0.25, -0.2) is 4.98 Å². The second kappa shape index (κ2) is 9.35. The largest absolute Gasteiger partial charge is 0.495 e. The number of ether oxygens (including phenoxy) is 1.